The number of fused-ring (bicyclic) bond motifs is 1. The van der Waals surface area contributed by atoms with Crippen molar-refractivity contribution in [3.63, 3.8) is 0 Å². The lowest BCUT2D eigenvalue weighted by atomic mass is 10.1. The van der Waals surface area contributed by atoms with Crippen molar-refractivity contribution in [3.05, 3.63) is 75.8 Å². The number of hydrogen-bond acceptors (Lipinski definition) is 4. The number of nitrogens with zero attached hydrogens (tertiary/aromatic N) is 1. The number of amides is 1. The maximum absolute atomic E-state index is 13.6. The van der Waals surface area contributed by atoms with E-state index in [0.717, 1.165) is 6.07 Å². The van der Waals surface area contributed by atoms with Crippen LogP contribution in [0.4, 0.5) is 10.1 Å². The predicted molar refractivity (Wildman–Crippen MR) is 99.6 cm³/mol. The lowest BCUT2D eigenvalue weighted by molar-refractivity contribution is 0.0600. The topological polar surface area (TPSA) is 77.4 Å². The quantitative estimate of drug-likeness (QED) is 0.718. The molecule has 0 aliphatic rings. The van der Waals surface area contributed by atoms with Crippen LogP contribution in [0.5, 0.6) is 0 Å². The van der Waals surface area contributed by atoms with Crippen LogP contribution in [0.15, 0.2) is 53.5 Å². The number of nitrogens with one attached hydrogen (secondary N) is 1. The van der Waals surface area contributed by atoms with Crippen molar-refractivity contribution < 1.29 is 18.7 Å². The number of carbonyl (C=O) groups excluding carboxylic acids is 2. The van der Waals surface area contributed by atoms with Crippen LogP contribution in [0.1, 0.15) is 27.6 Å². The Morgan fingerprint density at radius 3 is 2.67 bits per heavy atom. The Labute approximate surface area is 154 Å². The fourth-order valence-electron chi connectivity index (χ4n) is 2.83. The van der Waals surface area contributed by atoms with Gasteiger partial charge in [0, 0.05) is 23.8 Å². The van der Waals surface area contributed by atoms with Crippen molar-refractivity contribution in [3.8, 4) is 0 Å². The second-order valence-electron chi connectivity index (χ2n) is 5.85. The molecule has 0 saturated heterocycles. The van der Waals surface area contributed by atoms with Crippen molar-refractivity contribution in [1.29, 1.82) is 0 Å². The lowest BCUT2D eigenvalue weighted by Gasteiger charge is -2.12. The highest BCUT2D eigenvalue weighted by atomic mass is 19.1. The molecule has 1 N–H and O–H groups in total. The van der Waals surface area contributed by atoms with Gasteiger partial charge in [-0.2, -0.15) is 0 Å². The van der Waals surface area contributed by atoms with Gasteiger partial charge in [-0.25, -0.2) is 9.18 Å². The number of rotatable bonds is 4. The van der Waals surface area contributed by atoms with Gasteiger partial charge in [-0.05, 0) is 43.3 Å². The summed E-state index contributed by atoms with van der Waals surface area (Å²) in [6.07, 6.45) is 1.45. The average molecular weight is 368 g/mol. The fourth-order valence-corrected chi connectivity index (χ4v) is 2.83. The van der Waals surface area contributed by atoms with Gasteiger partial charge in [-0.1, -0.05) is 6.07 Å². The summed E-state index contributed by atoms with van der Waals surface area (Å²) in [5.74, 6) is -1.73. The Balaban J connectivity index is 2.02. The molecule has 0 unspecified atom stereocenters. The van der Waals surface area contributed by atoms with Crippen LogP contribution in [-0.4, -0.2) is 23.6 Å². The Bertz CT molecular complexity index is 1100. The molecular weight excluding hydrogens is 351 g/mol. The monoisotopic (exact) mass is 368 g/mol. The van der Waals surface area contributed by atoms with Crippen molar-refractivity contribution in [2.24, 2.45) is 0 Å². The molecule has 0 fully saturated rings. The summed E-state index contributed by atoms with van der Waals surface area (Å²) in [6.45, 7) is 2.36. The van der Waals surface area contributed by atoms with E-state index in [4.69, 9.17) is 0 Å². The molecule has 27 heavy (non-hydrogen) atoms. The molecule has 3 rings (SSSR count). The Morgan fingerprint density at radius 2 is 1.96 bits per heavy atom. The van der Waals surface area contributed by atoms with Crippen molar-refractivity contribution in [2.75, 3.05) is 12.4 Å². The molecule has 0 spiro atoms. The van der Waals surface area contributed by atoms with E-state index in [1.165, 1.54) is 31.5 Å². The van der Waals surface area contributed by atoms with Crippen LogP contribution < -0.4 is 10.7 Å². The molecular formula is C20H17FN2O4. The van der Waals surface area contributed by atoms with Crippen LogP contribution in [0.3, 0.4) is 0 Å². The van der Waals surface area contributed by atoms with Crippen LogP contribution in [0, 0.1) is 5.82 Å². The molecule has 1 amide bonds. The van der Waals surface area contributed by atoms with Gasteiger partial charge in [0.05, 0.1) is 18.2 Å². The molecule has 1 heterocycles. The first-order chi connectivity index (χ1) is 12.9. The average Bonchev–Trinajstić information content (AvgIpc) is 2.68. The number of carbonyl (C=O) groups is 2. The predicted octanol–water partition coefficient (Wildman–Crippen LogP) is 3.20. The third-order valence-electron chi connectivity index (χ3n) is 4.17. The summed E-state index contributed by atoms with van der Waals surface area (Å²) >= 11 is 0. The Hall–Kier alpha value is -3.48. The van der Waals surface area contributed by atoms with E-state index in [9.17, 15) is 18.8 Å². The molecule has 138 valence electrons. The zero-order valence-corrected chi connectivity index (χ0v) is 14.8. The maximum atomic E-state index is 13.6. The standard InChI is InChI=1S/C20H17FN2O4/c1-3-23-11-16(18(24)15-10-13(21)7-8-17(15)23)19(25)22-14-6-4-5-12(9-14)20(26)27-2/h4-11H,3H2,1-2H3,(H,22,25). The molecule has 6 nitrogen and oxygen atoms in total. The van der Waals surface area contributed by atoms with E-state index in [1.54, 1.807) is 22.8 Å². The number of methoxy groups -OCH3 is 1. The number of aromatic nitrogens is 1. The molecule has 0 radical (unpaired) electrons. The van der Waals surface area contributed by atoms with Gasteiger partial charge in [0.25, 0.3) is 5.91 Å². The van der Waals surface area contributed by atoms with Crippen LogP contribution in [-0.2, 0) is 11.3 Å². The minimum atomic E-state index is -0.643. The second-order valence-corrected chi connectivity index (χ2v) is 5.85. The maximum Gasteiger partial charge on any atom is 0.337 e. The van der Waals surface area contributed by atoms with Crippen LogP contribution in [0.2, 0.25) is 0 Å². The second kappa shape index (κ2) is 7.41. The van der Waals surface area contributed by atoms with Crippen LogP contribution >= 0.6 is 0 Å². The van der Waals surface area contributed by atoms with Crippen LogP contribution in [0.25, 0.3) is 10.9 Å². The number of ether oxygens (including phenoxy) is 1. The summed E-state index contributed by atoms with van der Waals surface area (Å²) in [5, 5.41) is 2.73. The fraction of sp³-hybridized carbons (Fsp3) is 0.150. The van der Waals surface area contributed by atoms with Gasteiger partial charge >= 0.3 is 5.97 Å². The smallest absolute Gasteiger partial charge is 0.337 e. The number of anilines is 1. The van der Waals surface area contributed by atoms with E-state index in [0.29, 0.717) is 17.7 Å². The first-order valence-corrected chi connectivity index (χ1v) is 8.27. The van der Waals surface area contributed by atoms with Crippen molar-refractivity contribution in [1.82, 2.24) is 4.57 Å². The third kappa shape index (κ3) is 3.57. The lowest BCUT2D eigenvalue weighted by Crippen LogP contribution is -2.24. The van der Waals surface area contributed by atoms with Gasteiger partial charge in [-0.3, -0.25) is 9.59 Å². The molecule has 0 aliphatic heterocycles. The highest BCUT2D eigenvalue weighted by Gasteiger charge is 2.16. The third-order valence-corrected chi connectivity index (χ3v) is 4.17. The summed E-state index contributed by atoms with van der Waals surface area (Å²) < 4.78 is 19.9. The normalized spacial score (nSPS) is 10.6. The Morgan fingerprint density at radius 1 is 1.19 bits per heavy atom. The summed E-state index contributed by atoms with van der Waals surface area (Å²) in [7, 11) is 1.26. The van der Waals surface area contributed by atoms with Crippen molar-refractivity contribution >= 4 is 28.5 Å². The van der Waals surface area contributed by atoms with E-state index in [-0.39, 0.29) is 16.5 Å². The molecule has 2 aromatic carbocycles. The first-order valence-electron chi connectivity index (χ1n) is 8.27. The van der Waals surface area contributed by atoms with E-state index in [1.807, 2.05) is 6.92 Å². The summed E-state index contributed by atoms with van der Waals surface area (Å²) in [6, 6.07) is 10.1. The molecule has 0 saturated carbocycles. The zero-order valence-electron chi connectivity index (χ0n) is 14.8. The molecule has 0 bridgehead atoms. The van der Waals surface area contributed by atoms with Gasteiger partial charge < -0.3 is 14.6 Å². The van der Waals surface area contributed by atoms with E-state index in [2.05, 4.69) is 10.1 Å². The zero-order chi connectivity index (χ0) is 19.6. The number of esters is 1. The first kappa shape index (κ1) is 18.3. The van der Waals surface area contributed by atoms with Gasteiger partial charge in [0.1, 0.15) is 11.4 Å². The molecule has 0 atom stereocenters. The number of benzene rings is 2. The molecule has 0 aliphatic carbocycles. The van der Waals surface area contributed by atoms with Gasteiger partial charge in [0.2, 0.25) is 5.43 Å². The van der Waals surface area contributed by atoms with E-state index >= 15 is 0 Å². The van der Waals surface area contributed by atoms with Crippen molar-refractivity contribution in [2.45, 2.75) is 13.5 Å². The molecule has 1 aromatic heterocycles. The largest absolute Gasteiger partial charge is 0.465 e. The highest BCUT2D eigenvalue weighted by Crippen LogP contribution is 2.16. The number of pyridine rings is 1. The van der Waals surface area contributed by atoms with Gasteiger partial charge in [0.15, 0.2) is 0 Å². The Kier molecular flexibility index (Phi) is 5.03. The van der Waals surface area contributed by atoms with E-state index < -0.39 is 23.1 Å². The van der Waals surface area contributed by atoms with Gasteiger partial charge in [-0.15, -0.1) is 0 Å². The summed E-state index contributed by atoms with van der Waals surface area (Å²) in [5.41, 5.74) is 0.480. The highest BCUT2D eigenvalue weighted by molar-refractivity contribution is 6.06. The minimum absolute atomic E-state index is 0.113. The number of aryl methyl sites for hydroxylation is 1. The molecule has 7 heteroatoms. The summed E-state index contributed by atoms with van der Waals surface area (Å²) in [4.78, 5) is 36.9. The number of halogens is 1. The molecule has 3 aromatic rings. The number of hydrogen-bond donors (Lipinski definition) is 1. The SMILES string of the molecule is CCn1cc(C(=O)Nc2cccc(C(=O)OC)c2)c(=O)c2cc(F)ccc21. The minimum Gasteiger partial charge on any atom is -0.465 e.